The maximum absolute atomic E-state index is 12.9. The second-order valence-corrected chi connectivity index (χ2v) is 7.13. The van der Waals surface area contributed by atoms with Gasteiger partial charge >= 0.3 is 0 Å². The number of ether oxygens (including phenoxy) is 1. The molecule has 8 heteroatoms. The fraction of sp³-hybridized carbons (Fsp3) is 0.368. The summed E-state index contributed by atoms with van der Waals surface area (Å²) in [5, 5.41) is 0. The normalized spacial score (nSPS) is 29.1. The third-order valence-corrected chi connectivity index (χ3v) is 5.75. The van der Waals surface area contributed by atoms with Crippen molar-refractivity contribution < 1.29 is 14.3 Å². The third-order valence-electron chi connectivity index (χ3n) is 5.75. The molecule has 0 aliphatic carbocycles. The molecule has 8 nitrogen and oxygen atoms in total. The summed E-state index contributed by atoms with van der Waals surface area (Å²) >= 11 is 0. The highest BCUT2D eigenvalue weighted by Gasteiger charge is 2.65. The van der Waals surface area contributed by atoms with Crippen molar-refractivity contribution in [3.05, 3.63) is 64.3 Å². The molecule has 3 aliphatic rings. The van der Waals surface area contributed by atoms with Gasteiger partial charge in [0.1, 0.15) is 11.8 Å². The number of nitrogens with zero attached hydrogens (tertiary/aromatic N) is 3. The van der Waals surface area contributed by atoms with E-state index in [-0.39, 0.29) is 41.6 Å². The minimum absolute atomic E-state index is 0.00496. The molecule has 0 saturated carbocycles. The van der Waals surface area contributed by atoms with Gasteiger partial charge in [0.2, 0.25) is 5.91 Å². The molecule has 4 heterocycles. The SMILES string of the molecule is O=C(c1c[nH]c(=O)cn1)N1CC[C@@]23O[C@H](c4ccccc4)CN2C(=O)C[C@@H]13. The van der Waals surface area contributed by atoms with Gasteiger partial charge in [-0.25, -0.2) is 4.98 Å². The molecule has 1 aromatic carbocycles. The lowest BCUT2D eigenvalue weighted by Crippen LogP contribution is -2.49. The van der Waals surface area contributed by atoms with E-state index in [1.54, 1.807) is 9.80 Å². The smallest absolute Gasteiger partial charge is 0.274 e. The number of carbonyl (C=O) groups excluding carboxylic acids is 2. The summed E-state index contributed by atoms with van der Waals surface area (Å²) in [6, 6.07) is 9.48. The van der Waals surface area contributed by atoms with Crippen LogP contribution >= 0.6 is 0 Å². The Kier molecular flexibility index (Phi) is 3.45. The number of benzene rings is 1. The molecule has 0 radical (unpaired) electrons. The van der Waals surface area contributed by atoms with E-state index in [0.29, 0.717) is 19.5 Å². The van der Waals surface area contributed by atoms with Gasteiger partial charge in [0, 0.05) is 19.2 Å². The zero-order valence-corrected chi connectivity index (χ0v) is 14.5. The van der Waals surface area contributed by atoms with E-state index in [0.717, 1.165) is 11.8 Å². The molecular formula is C19H18N4O4. The molecule has 3 atom stereocenters. The molecule has 3 fully saturated rings. The number of hydrogen-bond acceptors (Lipinski definition) is 5. The molecular weight excluding hydrogens is 348 g/mol. The lowest BCUT2D eigenvalue weighted by atomic mass is 10.1. The van der Waals surface area contributed by atoms with Crippen LogP contribution in [0.5, 0.6) is 0 Å². The van der Waals surface area contributed by atoms with Crippen LogP contribution in [0.3, 0.4) is 0 Å². The number of hydrogen-bond donors (Lipinski definition) is 1. The first-order valence-corrected chi connectivity index (χ1v) is 8.97. The number of aromatic amines is 1. The van der Waals surface area contributed by atoms with Crippen molar-refractivity contribution in [1.82, 2.24) is 19.8 Å². The van der Waals surface area contributed by atoms with Gasteiger partial charge in [0.25, 0.3) is 11.5 Å². The zero-order valence-electron chi connectivity index (χ0n) is 14.5. The van der Waals surface area contributed by atoms with Crippen LogP contribution in [0.4, 0.5) is 0 Å². The highest BCUT2D eigenvalue weighted by molar-refractivity contribution is 5.94. The maximum Gasteiger partial charge on any atom is 0.274 e. The van der Waals surface area contributed by atoms with E-state index in [1.165, 1.54) is 6.20 Å². The van der Waals surface area contributed by atoms with Crippen LogP contribution < -0.4 is 5.56 Å². The van der Waals surface area contributed by atoms with Crippen LogP contribution in [0, 0.1) is 0 Å². The Morgan fingerprint density at radius 2 is 2.07 bits per heavy atom. The van der Waals surface area contributed by atoms with E-state index >= 15 is 0 Å². The lowest BCUT2D eigenvalue weighted by molar-refractivity contribution is -0.138. The third kappa shape index (κ3) is 2.33. The Morgan fingerprint density at radius 1 is 1.26 bits per heavy atom. The molecule has 1 N–H and O–H groups in total. The molecule has 1 spiro atoms. The maximum atomic E-state index is 12.9. The van der Waals surface area contributed by atoms with E-state index in [2.05, 4.69) is 9.97 Å². The topological polar surface area (TPSA) is 95.6 Å². The highest BCUT2D eigenvalue weighted by atomic mass is 16.5. The molecule has 138 valence electrons. The number of aromatic nitrogens is 2. The van der Waals surface area contributed by atoms with Gasteiger partial charge in [-0.3, -0.25) is 14.4 Å². The van der Waals surface area contributed by atoms with Crippen molar-refractivity contribution in [3.63, 3.8) is 0 Å². The van der Waals surface area contributed by atoms with Gasteiger partial charge in [-0.05, 0) is 5.56 Å². The van der Waals surface area contributed by atoms with Crippen molar-refractivity contribution in [2.45, 2.75) is 30.7 Å². The van der Waals surface area contributed by atoms with E-state index in [1.807, 2.05) is 30.3 Å². The molecule has 0 bridgehead atoms. The molecule has 2 aromatic rings. The number of amides is 2. The Bertz CT molecular complexity index is 955. The van der Waals surface area contributed by atoms with Gasteiger partial charge in [0.15, 0.2) is 5.72 Å². The number of likely N-dealkylation sites (tertiary alicyclic amines) is 1. The van der Waals surface area contributed by atoms with Gasteiger partial charge in [-0.2, -0.15) is 0 Å². The zero-order chi connectivity index (χ0) is 18.6. The van der Waals surface area contributed by atoms with Crippen LogP contribution in [0.15, 0.2) is 47.5 Å². The average molecular weight is 366 g/mol. The fourth-order valence-corrected chi connectivity index (χ4v) is 4.52. The van der Waals surface area contributed by atoms with Crippen LogP contribution in [-0.4, -0.2) is 56.4 Å². The van der Waals surface area contributed by atoms with Crippen LogP contribution in [-0.2, 0) is 9.53 Å². The summed E-state index contributed by atoms with van der Waals surface area (Å²) in [6.07, 6.45) is 3.02. The summed E-state index contributed by atoms with van der Waals surface area (Å²) in [7, 11) is 0. The lowest BCUT2D eigenvalue weighted by Gasteiger charge is -2.31. The molecule has 2 amide bonds. The number of H-pyrrole nitrogens is 1. The second-order valence-electron chi connectivity index (χ2n) is 7.13. The van der Waals surface area contributed by atoms with E-state index in [4.69, 9.17) is 4.74 Å². The van der Waals surface area contributed by atoms with Crippen molar-refractivity contribution in [2.24, 2.45) is 0 Å². The van der Waals surface area contributed by atoms with Crippen LogP contribution in [0.2, 0.25) is 0 Å². The molecule has 0 unspecified atom stereocenters. The van der Waals surface area contributed by atoms with Gasteiger partial charge in [-0.1, -0.05) is 30.3 Å². The standard InChI is InChI=1S/C19H18N4O4/c24-16-10-20-13(9-21-16)18(26)22-7-6-19-15(22)8-17(25)23(19)11-14(27-19)12-4-2-1-3-5-12/h1-5,9-10,14-15H,6-8,11H2,(H,21,24)/t14-,15+,19-/m0/s1. The summed E-state index contributed by atoms with van der Waals surface area (Å²) in [5.41, 5.74) is 0.0571. The number of rotatable bonds is 2. The predicted molar refractivity (Wildman–Crippen MR) is 93.6 cm³/mol. The monoisotopic (exact) mass is 366 g/mol. The van der Waals surface area contributed by atoms with Crippen LogP contribution in [0.1, 0.15) is 35.0 Å². The largest absolute Gasteiger partial charge is 0.343 e. The minimum Gasteiger partial charge on any atom is -0.343 e. The van der Waals surface area contributed by atoms with Crippen molar-refractivity contribution in [1.29, 1.82) is 0 Å². The van der Waals surface area contributed by atoms with Crippen molar-refractivity contribution >= 4 is 11.8 Å². The molecule has 27 heavy (non-hydrogen) atoms. The quantitative estimate of drug-likeness (QED) is 0.843. The fourth-order valence-electron chi connectivity index (χ4n) is 4.52. The second kappa shape index (κ2) is 5.75. The van der Waals surface area contributed by atoms with Crippen LogP contribution in [0.25, 0.3) is 0 Å². The molecule has 5 rings (SSSR count). The van der Waals surface area contributed by atoms with E-state index in [9.17, 15) is 14.4 Å². The Balaban J connectivity index is 1.45. The Labute approximate surface area is 154 Å². The minimum atomic E-state index is -0.768. The van der Waals surface area contributed by atoms with Gasteiger partial charge in [-0.15, -0.1) is 0 Å². The summed E-state index contributed by atoms with van der Waals surface area (Å²) in [6.45, 7) is 0.980. The van der Waals surface area contributed by atoms with E-state index < -0.39 is 5.72 Å². The number of carbonyl (C=O) groups is 2. The Morgan fingerprint density at radius 3 is 2.81 bits per heavy atom. The average Bonchev–Trinajstić information content (AvgIpc) is 3.31. The first-order chi connectivity index (χ1) is 13.1. The Hall–Kier alpha value is -3.00. The first-order valence-electron chi connectivity index (χ1n) is 8.97. The number of nitrogens with one attached hydrogen (secondary N) is 1. The first kappa shape index (κ1) is 16.2. The molecule has 3 aliphatic heterocycles. The predicted octanol–water partition coefficient (Wildman–Crippen LogP) is 0.684. The molecule has 3 saturated heterocycles. The summed E-state index contributed by atoms with van der Waals surface area (Å²) in [5.74, 6) is -0.292. The summed E-state index contributed by atoms with van der Waals surface area (Å²) < 4.78 is 6.42. The molecule has 1 aromatic heterocycles. The summed E-state index contributed by atoms with van der Waals surface area (Å²) in [4.78, 5) is 46.6. The van der Waals surface area contributed by atoms with Gasteiger partial charge in [0.05, 0.1) is 25.2 Å². The van der Waals surface area contributed by atoms with Crippen molar-refractivity contribution in [2.75, 3.05) is 13.1 Å². The van der Waals surface area contributed by atoms with Gasteiger partial charge < -0.3 is 19.5 Å². The highest BCUT2D eigenvalue weighted by Crippen LogP contribution is 2.50. The van der Waals surface area contributed by atoms with Crippen molar-refractivity contribution in [3.8, 4) is 0 Å².